The number of carbonyl (C=O) groups excluding carboxylic acids is 1. The highest BCUT2D eigenvalue weighted by Gasteiger charge is 2.18. The first-order valence-electron chi connectivity index (χ1n) is 7.23. The number of benzene rings is 1. The largest absolute Gasteiger partial charge is 0.358 e. The van der Waals surface area contributed by atoms with E-state index in [4.69, 9.17) is 4.28 Å². The van der Waals surface area contributed by atoms with E-state index in [-0.39, 0.29) is 10.7 Å². The molecule has 0 aliphatic heterocycles. The minimum absolute atomic E-state index is 0.0421. The van der Waals surface area contributed by atoms with Crippen LogP contribution in [0.5, 0.6) is 0 Å². The Morgan fingerprint density at radius 1 is 1.00 bits per heavy atom. The first-order chi connectivity index (χ1) is 10.7. The minimum atomic E-state index is -3.99. The van der Waals surface area contributed by atoms with Crippen LogP contribution in [0.2, 0.25) is 0 Å². The molecule has 6 heteroatoms. The Labute approximate surface area is 136 Å². The second kappa shape index (κ2) is 6.50. The maximum Gasteiger partial charge on any atom is 0.358 e. The molecule has 0 atom stereocenters. The Kier molecular flexibility index (Phi) is 4.85. The zero-order valence-electron chi connectivity index (χ0n) is 13.5. The van der Waals surface area contributed by atoms with Gasteiger partial charge in [0.1, 0.15) is 10.6 Å². The van der Waals surface area contributed by atoms with Gasteiger partial charge in [-0.05, 0) is 60.8 Å². The lowest BCUT2D eigenvalue weighted by molar-refractivity contribution is -0.111. The highest BCUT2D eigenvalue weighted by molar-refractivity contribution is 7.86. The molecule has 0 saturated heterocycles. The summed E-state index contributed by atoms with van der Waals surface area (Å²) in [6.45, 7) is 7.37. The first-order valence-corrected chi connectivity index (χ1v) is 8.64. The standard InChI is InChI=1S/C17H19NO4S/c1-11(2)14-5-7-15(8-6-14)23(20,21)22-18-16-9-13(4)17(19)10-12(16)3/h5-11H,1-4H3. The number of rotatable bonds is 4. The Balaban J connectivity index is 2.23. The summed E-state index contributed by atoms with van der Waals surface area (Å²) in [5.41, 5.74) is 2.41. The minimum Gasteiger partial charge on any atom is -0.290 e. The molecule has 0 heterocycles. The lowest BCUT2D eigenvalue weighted by Gasteiger charge is -2.09. The van der Waals surface area contributed by atoms with Gasteiger partial charge in [0.2, 0.25) is 0 Å². The van der Waals surface area contributed by atoms with Crippen LogP contribution >= 0.6 is 0 Å². The third-order valence-electron chi connectivity index (χ3n) is 3.56. The molecule has 0 radical (unpaired) electrons. The average molecular weight is 333 g/mol. The van der Waals surface area contributed by atoms with Gasteiger partial charge in [0.25, 0.3) is 0 Å². The van der Waals surface area contributed by atoms with Crippen molar-refractivity contribution in [2.24, 2.45) is 5.16 Å². The fourth-order valence-corrected chi connectivity index (χ4v) is 2.76. The van der Waals surface area contributed by atoms with Crippen molar-refractivity contribution in [3.63, 3.8) is 0 Å². The Bertz CT molecular complexity index is 813. The molecule has 0 saturated carbocycles. The summed E-state index contributed by atoms with van der Waals surface area (Å²) in [6, 6.07) is 6.50. The van der Waals surface area contributed by atoms with Crippen LogP contribution < -0.4 is 0 Å². The molecule has 0 aromatic heterocycles. The highest BCUT2D eigenvalue weighted by Crippen LogP contribution is 2.19. The molecule has 5 nitrogen and oxygen atoms in total. The van der Waals surface area contributed by atoms with Crippen molar-refractivity contribution in [2.45, 2.75) is 38.5 Å². The summed E-state index contributed by atoms with van der Waals surface area (Å²) in [5.74, 6) is 0.196. The number of hydrogen-bond donors (Lipinski definition) is 0. The number of ketones is 1. The molecule has 0 amide bonds. The van der Waals surface area contributed by atoms with Crippen molar-refractivity contribution in [1.82, 2.24) is 0 Å². The molecule has 1 aliphatic carbocycles. The summed E-state index contributed by atoms with van der Waals surface area (Å²) in [5, 5.41) is 3.69. The van der Waals surface area contributed by atoms with E-state index in [1.54, 1.807) is 26.0 Å². The highest BCUT2D eigenvalue weighted by atomic mass is 32.2. The monoisotopic (exact) mass is 333 g/mol. The normalized spacial score (nSPS) is 17.3. The van der Waals surface area contributed by atoms with Gasteiger partial charge < -0.3 is 0 Å². The number of oxime groups is 1. The van der Waals surface area contributed by atoms with E-state index in [9.17, 15) is 13.2 Å². The van der Waals surface area contributed by atoms with E-state index in [0.717, 1.165) is 5.56 Å². The molecular formula is C17H19NO4S. The van der Waals surface area contributed by atoms with E-state index in [1.807, 2.05) is 13.8 Å². The molecule has 23 heavy (non-hydrogen) atoms. The number of allylic oxidation sites excluding steroid dienone is 4. The molecular weight excluding hydrogens is 314 g/mol. The van der Waals surface area contributed by atoms with Gasteiger partial charge in [0, 0.05) is 0 Å². The zero-order valence-corrected chi connectivity index (χ0v) is 14.3. The van der Waals surface area contributed by atoms with E-state index in [1.165, 1.54) is 24.3 Å². The maximum atomic E-state index is 12.2. The van der Waals surface area contributed by atoms with Gasteiger partial charge in [-0.25, -0.2) is 0 Å². The van der Waals surface area contributed by atoms with Gasteiger partial charge in [-0.1, -0.05) is 31.1 Å². The Morgan fingerprint density at radius 3 is 2.17 bits per heavy atom. The van der Waals surface area contributed by atoms with Crippen LogP contribution in [-0.2, 0) is 19.2 Å². The molecule has 0 bridgehead atoms. The number of carbonyl (C=O) groups is 1. The maximum absolute atomic E-state index is 12.2. The quantitative estimate of drug-likeness (QED) is 0.626. The third-order valence-corrected chi connectivity index (χ3v) is 4.68. The summed E-state index contributed by atoms with van der Waals surface area (Å²) in [7, 11) is -3.99. The smallest absolute Gasteiger partial charge is 0.290 e. The predicted molar refractivity (Wildman–Crippen MR) is 88.8 cm³/mol. The van der Waals surface area contributed by atoms with Crippen molar-refractivity contribution in [2.75, 3.05) is 0 Å². The summed E-state index contributed by atoms with van der Waals surface area (Å²) < 4.78 is 29.1. The van der Waals surface area contributed by atoms with Gasteiger partial charge in [-0.15, -0.1) is 0 Å². The molecule has 122 valence electrons. The van der Waals surface area contributed by atoms with Crippen molar-refractivity contribution >= 4 is 21.6 Å². The second-order valence-electron chi connectivity index (χ2n) is 5.75. The van der Waals surface area contributed by atoms with Gasteiger partial charge in [-0.3, -0.25) is 9.08 Å². The molecule has 0 fully saturated rings. The lowest BCUT2D eigenvalue weighted by atomic mass is 9.99. The molecule has 0 spiro atoms. The van der Waals surface area contributed by atoms with Crippen LogP contribution in [0.25, 0.3) is 0 Å². The van der Waals surface area contributed by atoms with Crippen LogP contribution in [-0.4, -0.2) is 19.9 Å². The fraction of sp³-hybridized carbons (Fsp3) is 0.294. The Morgan fingerprint density at radius 2 is 1.61 bits per heavy atom. The fourth-order valence-electron chi connectivity index (χ4n) is 2.02. The second-order valence-corrected chi connectivity index (χ2v) is 7.28. The van der Waals surface area contributed by atoms with Gasteiger partial charge in [0.05, 0.1) is 0 Å². The van der Waals surface area contributed by atoms with Crippen LogP contribution in [0.15, 0.2) is 57.6 Å². The summed E-state index contributed by atoms with van der Waals surface area (Å²) in [4.78, 5) is 11.5. The Hall–Kier alpha value is -2.21. The number of nitrogens with zero attached hydrogens (tertiary/aromatic N) is 1. The van der Waals surface area contributed by atoms with Crippen molar-refractivity contribution in [3.8, 4) is 0 Å². The summed E-state index contributed by atoms with van der Waals surface area (Å²) >= 11 is 0. The van der Waals surface area contributed by atoms with E-state index in [2.05, 4.69) is 5.16 Å². The van der Waals surface area contributed by atoms with Gasteiger partial charge >= 0.3 is 10.1 Å². The van der Waals surface area contributed by atoms with Crippen LogP contribution in [0.1, 0.15) is 39.2 Å². The van der Waals surface area contributed by atoms with Crippen molar-refractivity contribution < 1.29 is 17.5 Å². The van der Waals surface area contributed by atoms with E-state index >= 15 is 0 Å². The van der Waals surface area contributed by atoms with E-state index in [0.29, 0.717) is 22.8 Å². The molecule has 0 N–H and O–H groups in total. The molecule has 1 aromatic carbocycles. The molecule has 0 unspecified atom stereocenters. The van der Waals surface area contributed by atoms with Crippen LogP contribution in [0.3, 0.4) is 0 Å². The average Bonchev–Trinajstić information content (AvgIpc) is 2.49. The third kappa shape index (κ3) is 3.96. The van der Waals surface area contributed by atoms with Crippen LogP contribution in [0.4, 0.5) is 0 Å². The van der Waals surface area contributed by atoms with Crippen LogP contribution in [0, 0.1) is 0 Å². The van der Waals surface area contributed by atoms with Gasteiger partial charge in [-0.2, -0.15) is 8.42 Å². The summed E-state index contributed by atoms with van der Waals surface area (Å²) in [6.07, 6.45) is 2.91. The number of hydrogen-bond acceptors (Lipinski definition) is 5. The van der Waals surface area contributed by atoms with Crippen molar-refractivity contribution in [3.05, 3.63) is 53.1 Å². The molecule has 1 aliphatic rings. The first kappa shape index (κ1) is 17.1. The predicted octanol–water partition coefficient (Wildman–Crippen LogP) is 3.35. The van der Waals surface area contributed by atoms with Gasteiger partial charge in [0.15, 0.2) is 5.78 Å². The molecule has 2 rings (SSSR count). The SMILES string of the molecule is CC1=CC(=NOS(=O)(=O)c2ccc(C(C)C)cc2)C(C)=CC1=O. The lowest BCUT2D eigenvalue weighted by Crippen LogP contribution is -2.12. The zero-order chi connectivity index (χ0) is 17.2. The van der Waals surface area contributed by atoms with Crippen molar-refractivity contribution in [1.29, 1.82) is 0 Å². The molecule has 1 aromatic rings. The van der Waals surface area contributed by atoms with E-state index < -0.39 is 10.1 Å². The topological polar surface area (TPSA) is 72.8 Å².